The van der Waals surface area contributed by atoms with Crippen LogP contribution >= 0.6 is 11.8 Å². The number of hydrogen-bond acceptors (Lipinski definition) is 6. The summed E-state index contributed by atoms with van der Waals surface area (Å²) >= 11 is 1.50. The molecule has 0 rings (SSSR count). The van der Waals surface area contributed by atoms with Gasteiger partial charge in [-0.2, -0.15) is 11.8 Å². The van der Waals surface area contributed by atoms with Gasteiger partial charge in [-0.05, 0) is 43.6 Å². The van der Waals surface area contributed by atoms with Gasteiger partial charge in [0.1, 0.15) is 18.1 Å². The maximum atomic E-state index is 12.8. The number of hydrogen-bond donors (Lipinski definition) is 5. The van der Waals surface area contributed by atoms with Gasteiger partial charge in [-0.25, -0.2) is 0 Å². The Morgan fingerprint density at radius 3 is 1.97 bits per heavy atom. The van der Waals surface area contributed by atoms with Gasteiger partial charge in [-0.3, -0.25) is 19.2 Å². The molecule has 29 heavy (non-hydrogen) atoms. The number of aliphatic carboxylic acids is 1. The van der Waals surface area contributed by atoms with E-state index in [2.05, 4.69) is 16.0 Å². The highest BCUT2D eigenvalue weighted by molar-refractivity contribution is 7.98. The summed E-state index contributed by atoms with van der Waals surface area (Å²) in [5.74, 6) is -2.07. The summed E-state index contributed by atoms with van der Waals surface area (Å²) in [6.07, 6.45) is 2.69. The molecular weight excluding hydrogens is 396 g/mol. The molecule has 0 aromatic rings. The van der Waals surface area contributed by atoms with E-state index in [0.717, 1.165) is 0 Å². The van der Waals surface area contributed by atoms with Crippen molar-refractivity contribution in [2.24, 2.45) is 17.6 Å². The van der Waals surface area contributed by atoms with Crippen LogP contribution in [-0.2, 0) is 19.2 Å². The van der Waals surface area contributed by atoms with Gasteiger partial charge in [-0.1, -0.05) is 27.7 Å². The van der Waals surface area contributed by atoms with Crippen LogP contribution in [0.5, 0.6) is 0 Å². The summed E-state index contributed by atoms with van der Waals surface area (Å²) in [5, 5.41) is 16.7. The van der Waals surface area contributed by atoms with Crippen LogP contribution in [0.15, 0.2) is 0 Å². The van der Waals surface area contributed by atoms with E-state index in [1.54, 1.807) is 13.8 Å². The van der Waals surface area contributed by atoms with Crippen LogP contribution in [0, 0.1) is 11.8 Å². The van der Waals surface area contributed by atoms with Gasteiger partial charge in [0.15, 0.2) is 0 Å². The Kier molecular flexibility index (Phi) is 12.6. The van der Waals surface area contributed by atoms with Gasteiger partial charge in [0.05, 0.1) is 6.04 Å². The Morgan fingerprint density at radius 2 is 1.52 bits per heavy atom. The first-order valence-corrected chi connectivity index (χ1v) is 11.2. The second-order valence-electron chi connectivity index (χ2n) is 7.88. The van der Waals surface area contributed by atoms with Crippen molar-refractivity contribution in [3.05, 3.63) is 0 Å². The van der Waals surface area contributed by atoms with E-state index < -0.39 is 47.9 Å². The molecule has 0 aliphatic heterocycles. The Hall–Kier alpha value is -1.81. The highest BCUT2D eigenvalue weighted by atomic mass is 32.2. The quantitative estimate of drug-likeness (QED) is 0.281. The van der Waals surface area contributed by atoms with E-state index >= 15 is 0 Å². The van der Waals surface area contributed by atoms with E-state index in [0.29, 0.717) is 18.6 Å². The largest absolute Gasteiger partial charge is 0.480 e. The first kappa shape index (κ1) is 27.2. The number of carboxylic acids is 1. The van der Waals surface area contributed by atoms with E-state index in [-0.39, 0.29) is 11.8 Å². The average Bonchev–Trinajstić information content (AvgIpc) is 2.61. The number of rotatable bonds is 13. The monoisotopic (exact) mass is 432 g/mol. The van der Waals surface area contributed by atoms with Gasteiger partial charge < -0.3 is 26.8 Å². The van der Waals surface area contributed by atoms with Crippen molar-refractivity contribution < 1.29 is 24.3 Å². The molecule has 6 N–H and O–H groups in total. The van der Waals surface area contributed by atoms with Gasteiger partial charge in [-0.15, -0.1) is 0 Å². The summed E-state index contributed by atoms with van der Waals surface area (Å²) in [6, 6.07) is -3.57. The third-order valence-electron chi connectivity index (χ3n) is 4.28. The lowest BCUT2D eigenvalue weighted by Gasteiger charge is -2.27. The summed E-state index contributed by atoms with van der Waals surface area (Å²) in [4.78, 5) is 48.6. The van der Waals surface area contributed by atoms with Crippen LogP contribution in [0.25, 0.3) is 0 Å². The number of amides is 3. The van der Waals surface area contributed by atoms with Crippen LogP contribution in [0.1, 0.15) is 47.5 Å². The minimum atomic E-state index is -1.17. The Bertz CT molecular complexity index is 571. The van der Waals surface area contributed by atoms with Crippen LogP contribution < -0.4 is 21.7 Å². The molecule has 0 heterocycles. The smallest absolute Gasteiger partial charge is 0.325 e. The molecule has 0 aliphatic carbocycles. The van der Waals surface area contributed by atoms with Crippen molar-refractivity contribution in [3.63, 3.8) is 0 Å². The molecule has 168 valence electrons. The normalized spacial score (nSPS) is 15.3. The van der Waals surface area contributed by atoms with Crippen LogP contribution in [-0.4, -0.2) is 65.0 Å². The molecule has 0 bridgehead atoms. The molecule has 4 unspecified atom stereocenters. The van der Waals surface area contributed by atoms with Crippen molar-refractivity contribution in [3.8, 4) is 0 Å². The SMILES string of the molecule is CSCCC(NC(=O)C(NC(=O)C(N)CC(C)C)C(C)C)C(=O)NC(C)C(=O)O. The van der Waals surface area contributed by atoms with Crippen LogP contribution in [0.2, 0.25) is 0 Å². The van der Waals surface area contributed by atoms with Crippen molar-refractivity contribution >= 4 is 35.5 Å². The topological polar surface area (TPSA) is 151 Å². The zero-order chi connectivity index (χ0) is 22.7. The summed E-state index contributed by atoms with van der Waals surface area (Å²) in [5.41, 5.74) is 5.90. The molecule has 10 heteroatoms. The van der Waals surface area contributed by atoms with E-state index in [1.165, 1.54) is 18.7 Å². The maximum Gasteiger partial charge on any atom is 0.325 e. The molecule has 0 saturated heterocycles. The highest BCUT2D eigenvalue weighted by Gasteiger charge is 2.30. The van der Waals surface area contributed by atoms with E-state index in [1.807, 2.05) is 20.1 Å². The third kappa shape index (κ3) is 10.5. The minimum Gasteiger partial charge on any atom is -0.480 e. The first-order valence-electron chi connectivity index (χ1n) is 9.79. The van der Waals surface area contributed by atoms with Crippen molar-refractivity contribution in [2.45, 2.75) is 71.6 Å². The van der Waals surface area contributed by atoms with Gasteiger partial charge in [0, 0.05) is 0 Å². The molecule has 0 fully saturated rings. The molecule has 0 radical (unpaired) electrons. The number of thioether (sulfide) groups is 1. The highest BCUT2D eigenvalue weighted by Crippen LogP contribution is 2.08. The van der Waals surface area contributed by atoms with Gasteiger partial charge in [0.2, 0.25) is 17.7 Å². The second kappa shape index (κ2) is 13.4. The summed E-state index contributed by atoms with van der Waals surface area (Å²) in [7, 11) is 0. The van der Waals surface area contributed by atoms with Crippen molar-refractivity contribution in [1.82, 2.24) is 16.0 Å². The fourth-order valence-electron chi connectivity index (χ4n) is 2.55. The summed E-state index contributed by atoms with van der Waals surface area (Å²) in [6.45, 7) is 8.81. The number of carboxylic acid groups (broad SMARTS) is 1. The molecule has 4 atom stereocenters. The fourth-order valence-corrected chi connectivity index (χ4v) is 3.02. The van der Waals surface area contributed by atoms with Crippen molar-refractivity contribution in [1.29, 1.82) is 0 Å². The molecule has 0 aromatic carbocycles. The predicted octanol–water partition coefficient (Wildman–Crippen LogP) is 0.328. The van der Waals surface area contributed by atoms with Gasteiger partial charge in [0.25, 0.3) is 0 Å². The zero-order valence-corrected chi connectivity index (χ0v) is 19.0. The Labute approximate surface area is 177 Å². The molecular formula is C19H36N4O5S. The molecule has 9 nitrogen and oxygen atoms in total. The minimum absolute atomic E-state index is 0.229. The summed E-state index contributed by atoms with van der Waals surface area (Å²) < 4.78 is 0. The zero-order valence-electron chi connectivity index (χ0n) is 18.2. The number of nitrogens with two attached hydrogens (primary N) is 1. The Morgan fingerprint density at radius 1 is 0.931 bits per heavy atom. The average molecular weight is 433 g/mol. The van der Waals surface area contributed by atoms with Crippen molar-refractivity contribution in [2.75, 3.05) is 12.0 Å². The molecule has 3 amide bonds. The van der Waals surface area contributed by atoms with Crippen LogP contribution in [0.4, 0.5) is 0 Å². The predicted molar refractivity (Wildman–Crippen MR) is 114 cm³/mol. The molecule has 0 spiro atoms. The van der Waals surface area contributed by atoms with Gasteiger partial charge >= 0.3 is 5.97 Å². The number of carbonyl (C=O) groups is 4. The standard InChI is InChI=1S/C19H36N4O5S/c1-10(2)9-13(20)16(24)23-15(11(3)4)18(26)22-14(7-8-29-6)17(25)21-12(5)19(27)28/h10-15H,7-9,20H2,1-6H3,(H,21,25)(H,22,26)(H,23,24)(H,27,28). The lowest BCUT2D eigenvalue weighted by atomic mass is 10.00. The Balaban J connectivity index is 5.20. The number of nitrogens with one attached hydrogen (secondary N) is 3. The number of carbonyl (C=O) groups excluding carboxylic acids is 3. The van der Waals surface area contributed by atoms with Crippen LogP contribution in [0.3, 0.4) is 0 Å². The molecule has 0 saturated carbocycles. The lowest BCUT2D eigenvalue weighted by molar-refractivity contribution is -0.141. The first-order chi connectivity index (χ1) is 13.4. The molecule has 0 aromatic heterocycles. The lowest BCUT2D eigenvalue weighted by Crippen LogP contribution is -2.58. The second-order valence-corrected chi connectivity index (χ2v) is 8.86. The maximum absolute atomic E-state index is 12.8. The van der Waals surface area contributed by atoms with E-state index in [9.17, 15) is 19.2 Å². The van der Waals surface area contributed by atoms with E-state index in [4.69, 9.17) is 10.8 Å². The molecule has 0 aliphatic rings. The third-order valence-corrected chi connectivity index (χ3v) is 4.93. The fraction of sp³-hybridized carbons (Fsp3) is 0.789.